The number of nitrogens with two attached hydrogens (primary N) is 1. The second kappa shape index (κ2) is 9.61. The number of aryl methyl sites for hydroxylation is 2. The zero-order valence-corrected chi connectivity index (χ0v) is 19.2. The second-order valence-electron chi connectivity index (χ2n) is 9.06. The van der Waals surface area contributed by atoms with Crippen LogP contribution in [0.1, 0.15) is 36.6 Å². The van der Waals surface area contributed by atoms with Gasteiger partial charge in [-0.15, -0.1) is 0 Å². The van der Waals surface area contributed by atoms with Crippen molar-refractivity contribution in [1.82, 2.24) is 9.47 Å². The van der Waals surface area contributed by atoms with E-state index < -0.39 is 0 Å². The molecule has 4 rings (SSSR count). The average molecular weight is 447 g/mol. The molecule has 0 radical (unpaired) electrons. The monoisotopic (exact) mass is 446 g/mol. The Bertz CT molecular complexity index is 1210. The molecule has 1 aliphatic rings. The maximum absolute atomic E-state index is 13.4. The number of fused-ring (bicyclic) bond motifs is 1. The molecule has 3 aromatic rings. The lowest BCUT2D eigenvalue weighted by Crippen LogP contribution is -2.34. The Balaban J connectivity index is 1.44. The van der Waals surface area contributed by atoms with Gasteiger partial charge in [-0.1, -0.05) is 18.2 Å². The smallest absolute Gasteiger partial charge is 0.223 e. The second-order valence-corrected chi connectivity index (χ2v) is 9.06. The van der Waals surface area contributed by atoms with E-state index in [0.717, 1.165) is 41.5 Å². The number of allylic oxidation sites excluding steroid dienone is 1. The summed E-state index contributed by atoms with van der Waals surface area (Å²) >= 11 is 0. The average Bonchev–Trinajstić information content (AvgIpc) is 3.32. The first kappa shape index (κ1) is 22.8. The molecule has 6 heteroatoms. The molecule has 5 nitrogen and oxygen atoms in total. The van der Waals surface area contributed by atoms with E-state index in [0.29, 0.717) is 24.3 Å². The molecule has 2 heterocycles. The lowest BCUT2D eigenvalue weighted by molar-refractivity contribution is -0.131. The van der Waals surface area contributed by atoms with Gasteiger partial charge in [0.25, 0.3) is 0 Å². The number of carbonyl (C=O) groups is 1. The summed E-state index contributed by atoms with van der Waals surface area (Å²) in [6.45, 7) is 5.83. The fourth-order valence-electron chi connectivity index (χ4n) is 5.03. The SMILES string of the molecule is Cc1cc2cc(/C(C=N)=C/N)ccc2n1CC1CC(C)N(C(=O)CCc2cccc(F)c2)C1. The molecule has 1 aliphatic heterocycles. The molecule has 0 spiro atoms. The Kier molecular flexibility index (Phi) is 6.63. The Morgan fingerprint density at radius 2 is 2.06 bits per heavy atom. The van der Waals surface area contributed by atoms with E-state index in [1.165, 1.54) is 30.2 Å². The van der Waals surface area contributed by atoms with E-state index in [4.69, 9.17) is 11.1 Å². The van der Waals surface area contributed by atoms with Crippen LogP contribution in [0.2, 0.25) is 0 Å². The molecular formula is C27H31FN4O. The summed E-state index contributed by atoms with van der Waals surface area (Å²) in [7, 11) is 0. The molecule has 0 aliphatic carbocycles. The minimum atomic E-state index is -0.260. The highest BCUT2D eigenvalue weighted by molar-refractivity contribution is 6.09. The first-order valence-electron chi connectivity index (χ1n) is 11.5. The van der Waals surface area contributed by atoms with E-state index in [-0.39, 0.29) is 17.8 Å². The molecule has 1 saturated heterocycles. The van der Waals surface area contributed by atoms with Crippen molar-refractivity contribution in [2.45, 2.75) is 45.7 Å². The first-order valence-corrected chi connectivity index (χ1v) is 11.5. The van der Waals surface area contributed by atoms with Crippen LogP contribution in [0.15, 0.2) is 54.7 Å². The number of amides is 1. The Labute approximate surface area is 194 Å². The number of hydrogen-bond donors (Lipinski definition) is 2. The van der Waals surface area contributed by atoms with Crippen LogP contribution in [-0.2, 0) is 17.8 Å². The van der Waals surface area contributed by atoms with Crippen molar-refractivity contribution >= 4 is 28.6 Å². The van der Waals surface area contributed by atoms with Crippen LogP contribution in [-0.4, -0.2) is 34.2 Å². The quantitative estimate of drug-likeness (QED) is 0.506. The normalized spacial score (nSPS) is 18.8. The molecule has 172 valence electrons. The summed E-state index contributed by atoms with van der Waals surface area (Å²) in [6, 6.07) is 15.0. The number of carbonyl (C=O) groups excluding carboxylic acids is 1. The predicted molar refractivity (Wildman–Crippen MR) is 132 cm³/mol. The summed E-state index contributed by atoms with van der Waals surface area (Å²) in [6.07, 6.45) is 4.65. The van der Waals surface area contributed by atoms with Crippen molar-refractivity contribution in [3.8, 4) is 0 Å². The van der Waals surface area contributed by atoms with Gasteiger partial charge in [0.15, 0.2) is 0 Å². The molecule has 0 bridgehead atoms. The molecule has 3 N–H and O–H groups in total. The van der Waals surface area contributed by atoms with Gasteiger partial charge in [-0.25, -0.2) is 4.39 Å². The molecule has 1 aromatic heterocycles. The number of nitrogens with zero attached hydrogens (tertiary/aromatic N) is 2. The predicted octanol–water partition coefficient (Wildman–Crippen LogP) is 4.91. The van der Waals surface area contributed by atoms with Crippen molar-refractivity contribution in [1.29, 1.82) is 5.41 Å². The van der Waals surface area contributed by atoms with Crippen molar-refractivity contribution in [3.05, 3.63) is 77.4 Å². The molecular weight excluding hydrogens is 415 g/mol. The fourth-order valence-corrected chi connectivity index (χ4v) is 5.03. The van der Waals surface area contributed by atoms with Crippen molar-refractivity contribution < 1.29 is 9.18 Å². The minimum absolute atomic E-state index is 0.140. The van der Waals surface area contributed by atoms with Gasteiger partial charge in [-0.2, -0.15) is 0 Å². The largest absolute Gasteiger partial charge is 0.404 e. The maximum atomic E-state index is 13.4. The zero-order chi connectivity index (χ0) is 23.5. The van der Waals surface area contributed by atoms with Crippen LogP contribution in [0.5, 0.6) is 0 Å². The number of likely N-dealkylation sites (tertiary alicyclic amines) is 1. The Morgan fingerprint density at radius 3 is 2.79 bits per heavy atom. The van der Waals surface area contributed by atoms with Crippen LogP contribution in [0.3, 0.4) is 0 Å². The van der Waals surface area contributed by atoms with Crippen LogP contribution < -0.4 is 5.73 Å². The Hall–Kier alpha value is -3.41. The topological polar surface area (TPSA) is 75.1 Å². The molecule has 2 unspecified atom stereocenters. The van der Waals surface area contributed by atoms with Gasteiger partial charge in [0.2, 0.25) is 5.91 Å². The maximum Gasteiger partial charge on any atom is 0.223 e. The van der Waals surface area contributed by atoms with Crippen LogP contribution >= 0.6 is 0 Å². The van der Waals surface area contributed by atoms with Crippen LogP contribution in [0.4, 0.5) is 4.39 Å². The highest BCUT2D eigenvalue weighted by atomic mass is 19.1. The van der Waals surface area contributed by atoms with E-state index in [2.05, 4.69) is 36.6 Å². The number of hydrogen-bond acceptors (Lipinski definition) is 3. The van der Waals surface area contributed by atoms with Crippen molar-refractivity contribution in [3.63, 3.8) is 0 Å². The van der Waals surface area contributed by atoms with Gasteiger partial charge in [0.05, 0.1) is 0 Å². The summed E-state index contributed by atoms with van der Waals surface area (Å²) in [5, 5.41) is 8.66. The number of aromatic nitrogens is 1. The summed E-state index contributed by atoms with van der Waals surface area (Å²) in [4.78, 5) is 14.9. The van der Waals surface area contributed by atoms with Crippen LogP contribution in [0, 0.1) is 24.1 Å². The molecule has 2 aromatic carbocycles. The molecule has 0 saturated carbocycles. The zero-order valence-electron chi connectivity index (χ0n) is 19.2. The number of nitrogens with one attached hydrogen (secondary N) is 1. The van der Waals surface area contributed by atoms with Gasteiger partial charge in [0, 0.05) is 60.1 Å². The van der Waals surface area contributed by atoms with E-state index >= 15 is 0 Å². The third kappa shape index (κ3) is 4.85. The van der Waals surface area contributed by atoms with Crippen molar-refractivity contribution in [2.24, 2.45) is 11.7 Å². The summed E-state index contributed by atoms with van der Waals surface area (Å²) < 4.78 is 15.7. The standard InChI is InChI=1S/C27H31FN4O/c1-18-10-21(17-32(18)27(33)9-6-20-4-3-5-25(28)12-20)16-31-19(2)11-23-13-22(7-8-26(23)31)24(14-29)15-30/h3-5,7-8,11-15,18,21,29H,6,9-10,16-17,30H2,1-2H3/b24-15+,29-14?. The lowest BCUT2D eigenvalue weighted by atomic mass is 10.1. The third-order valence-electron chi connectivity index (χ3n) is 6.72. The lowest BCUT2D eigenvalue weighted by Gasteiger charge is -2.21. The van der Waals surface area contributed by atoms with Gasteiger partial charge < -0.3 is 20.6 Å². The summed E-state index contributed by atoms with van der Waals surface area (Å²) in [5.74, 6) is 0.262. The van der Waals surface area contributed by atoms with E-state index in [1.54, 1.807) is 6.07 Å². The van der Waals surface area contributed by atoms with Gasteiger partial charge in [0.1, 0.15) is 5.82 Å². The third-order valence-corrected chi connectivity index (χ3v) is 6.72. The highest BCUT2D eigenvalue weighted by Crippen LogP contribution is 2.29. The van der Waals surface area contributed by atoms with Gasteiger partial charge >= 0.3 is 0 Å². The molecule has 2 atom stereocenters. The fraction of sp³-hybridized carbons (Fsp3) is 0.333. The molecule has 33 heavy (non-hydrogen) atoms. The van der Waals surface area contributed by atoms with Gasteiger partial charge in [-0.05, 0) is 74.1 Å². The molecule has 1 amide bonds. The van der Waals surface area contributed by atoms with Crippen LogP contribution in [0.25, 0.3) is 16.5 Å². The number of benzene rings is 2. The number of rotatable bonds is 7. The first-order chi connectivity index (χ1) is 15.9. The van der Waals surface area contributed by atoms with E-state index in [1.807, 2.05) is 17.0 Å². The molecule has 1 fully saturated rings. The minimum Gasteiger partial charge on any atom is -0.404 e. The highest BCUT2D eigenvalue weighted by Gasteiger charge is 2.32. The number of halogens is 1. The van der Waals surface area contributed by atoms with Gasteiger partial charge in [-0.3, -0.25) is 4.79 Å². The van der Waals surface area contributed by atoms with Crippen molar-refractivity contribution in [2.75, 3.05) is 6.54 Å². The van der Waals surface area contributed by atoms with E-state index in [9.17, 15) is 9.18 Å². The summed E-state index contributed by atoms with van der Waals surface area (Å²) in [5.41, 5.74) is 10.5. The Morgan fingerprint density at radius 1 is 1.24 bits per heavy atom.